The highest BCUT2D eigenvalue weighted by Gasteiger charge is 2.10. The van der Waals surface area contributed by atoms with Crippen LogP contribution in [0.2, 0.25) is 0 Å². The van der Waals surface area contributed by atoms with Crippen molar-refractivity contribution in [3.8, 4) is 5.75 Å². The molecule has 0 aliphatic rings. The Morgan fingerprint density at radius 1 is 1.16 bits per heavy atom. The molecular weight excluding hydrogens is 476 g/mol. The lowest BCUT2D eigenvalue weighted by Crippen LogP contribution is -2.23. The van der Waals surface area contributed by atoms with Crippen LogP contribution in [0.5, 0.6) is 5.75 Å². The number of aryl methyl sites for hydroxylation is 1. The maximum absolute atomic E-state index is 5.64. The van der Waals surface area contributed by atoms with Gasteiger partial charge in [0.1, 0.15) is 10.8 Å². The van der Waals surface area contributed by atoms with E-state index >= 15 is 0 Å². The predicted octanol–water partition coefficient (Wildman–Crippen LogP) is 6.38. The Morgan fingerprint density at radius 2 is 2.00 bits per heavy atom. The first kappa shape index (κ1) is 23.7. The van der Waals surface area contributed by atoms with Gasteiger partial charge in [-0.05, 0) is 70.7 Å². The molecule has 0 bridgehead atoms. The van der Waals surface area contributed by atoms with Gasteiger partial charge in [0.15, 0.2) is 6.79 Å². The first-order valence-corrected chi connectivity index (χ1v) is 11.9. The summed E-state index contributed by atoms with van der Waals surface area (Å²) < 4.78 is 18.2. The number of hydrogen-bond acceptors (Lipinski definition) is 6. The van der Waals surface area contributed by atoms with Crippen LogP contribution in [-0.2, 0) is 9.47 Å². The van der Waals surface area contributed by atoms with E-state index in [4.69, 9.17) is 19.2 Å². The molecule has 0 spiro atoms. The molecule has 0 saturated carbocycles. The molecule has 0 saturated heterocycles. The van der Waals surface area contributed by atoms with E-state index in [0.29, 0.717) is 0 Å². The highest BCUT2D eigenvalue weighted by atomic mass is 79.9. The fourth-order valence-electron chi connectivity index (χ4n) is 3.16. The molecule has 1 heterocycles. The Labute approximate surface area is 196 Å². The van der Waals surface area contributed by atoms with Gasteiger partial charge in [0.2, 0.25) is 0 Å². The lowest BCUT2D eigenvalue weighted by molar-refractivity contribution is 0.0506. The molecule has 0 amide bonds. The number of anilines is 1. The van der Waals surface area contributed by atoms with Crippen molar-refractivity contribution in [1.82, 2.24) is 4.98 Å². The second kappa shape index (κ2) is 11.6. The Morgan fingerprint density at radius 3 is 2.74 bits per heavy atom. The van der Waals surface area contributed by atoms with Gasteiger partial charge >= 0.3 is 0 Å². The molecule has 0 N–H and O–H groups in total. The number of hydrogen-bond donors (Lipinski definition) is 0. The fourth-order valence-corrected chi connectivity index (χ4v) is 4.56. The van der Waals surface area contributed by atoms with Crippen molar-refractivity contribution in [1.29, 1.82) is 0 Å². The molecule has 0 radical (unpaired) electrons. The van der Waals surface area contributed by atoms with Crippen LogP contribution in [0, 0.1) is 6.92 Å². The lowest BCUT2D eigenvalue weighted by Gasteiger charge is -2.21. The van der Waals surface area contributed by atoms with Gasteiger partial charge in [-0.2, -0.15) is 0 Å². The molecule has 5 nitrogen and oxygen atoms in total. The monoisotopic (exact) mass is 504 g/mol. The van der Waals surface area contributed by atoms with Gasteiger partial charge in [0, 0.05) is 33.0 Å². The summed E-state index contributed by atoms with van der Waals surface area (Å²) in [6.45, 7) is 6.92. The number of methoxy groups -OCH3 is 1. The molecule has 7 heteroatoms. The highest BCUT2D eigenvalue weighted by molar-refractivity contribution is 9.10. The summed E-state index contributed by atoms with van der Waals surface area (Å²) >= 11 is 5.24. The maximum Gasteiger partial charge on any atom is 0.188 e. The van der Waals surface area contributed by atoms with E-state index in [1.54, 1.807) is 18.4 Å². The van der Waals surface area contributed by atoms with Crippen molar-refractivity contribution in [2.24, 2.45) is 0 Å². The molecule has 3 rings (SSSR count). The minimum Gasteiger partial charge on any atom is -0.466 e. The zero-order valence-corrected chi connectivity index (χ0v) is 20.9. The fraction of sp³-hybridized carbons (Fsp3) is 0.375. The summed E-state index contributed by atoms with van der Waals surface area (Å²) in [6.07, 6.45) is 5.17. The molecule has 166 valence electrons. The third-order valence-electron chi connectivity index (χ3n) is 4.76. The van der Waals surface area contributed by atoms with Crippen LogP contribution >= 0.6 is 27.3 Å². The summed E-state index contributed by atoms with van der Waals surface area (Å²) in [7, 11) is 3.72. The number of fused-ring (bicyclic) bond motifs is 1. The van der Waals surface area contributed by atoms with E-state index in [1.165, 1.54) is 16.0 Å². The van der Waals surface area contributed by atoms with Crippen molar-refractivity contribution in [3.05, 3.63) is 50.9 Å². The summed E-state index contributed by atoms with van der Waals surface area (Å²) in [5, 5.41) is 0.983. The number of halogens is 1. The minimum absolute atomic E-state index is 0.224. The van der Waals surface area contributed by atoms with Crippen LogP contribution in [0.25, 0.3) is 22.4 Å². The van der Waals surface area contributed by atoms with E-state index < -0.39 is 0 Å². The largest absolute Gasteiger partial charge is 0.466 e. The van der Waals surface area contributed by atoms with Crippen molar-refractivity contribution in [3.63, 3.8) is 0 Å². The maximum atomic E-state index is 5.64. The number of rotatable bonds is 11. The van der Waals surface area contributed by atoms with Gasteiger partial charge < -0.3 is 19.1 Å². The van der Waals surface area contributed by atoms with E-state index in [0.717, 1.165) is 52.5 Å². The number of likely N-dealkylation sites (N-methyl/N-ethyl adjacent to an activating group) is 1. The SMILES string of the molecule is CCCOCCN(C)c1cc2sc(/C=C/c3ccc(OCOC)c(Br)c3)nc2cc1C. The molecule has 2 aromatic carbocycles. The normalized spacial score (nSPS) is 11.5. The van der Waals surface area contributed by atoms with Gasteiger partial charge in [0.25, 0.3) is 0 Å². The van der Waals surface area contributed by atoms with E-state index in [1.807, 2.05) is 18.2 Å². The Hall–Kier alpha value is -1.93. The molecule has 3 aromatic rings. The molecular formula is C24H29BrN2O3S. The lowest BCUT2D eigenvalue weighted by atomic mass is 10.1. The highest BCUT2D eigenvalue weighted by Crippen LogP contribution is 2.31. The van der Waals surface area contributed by atoms with E-state index in [9.17, 15) is 0 Å². The Kier molecular flexibility index (Phi) is 8.90. The third-order valence-corrected chi connectivity index (χ3v) is 6.36. The summed E-state index contributed by atoms with van der Waals surface area (Å²) in [5.41, 5.74) is 4.55. The van der Waals surface area contributed by atoms with Gasteiger partial charge in [-0.15, -0.1) is 11.3 Å². The second-order valence-electron chi connectivity index (χ2n) is 7.27. The number of nitrogens with zero attached hydrogens (tertiary/aromatic N) is 2. The van der Waals surface area contributed by atoms with Crippen molar-refractivity contribution in [2.75, 3.05) is 45.6 Å². The number of aromatic nitrogens is 1. The summed E-state index contributed by atoms with van der Waals surface area (Å²) in [6, 6.07) is 10.4. The Balaban J connectivity index is 1.73. The molecule has 0 fully saturated rings. The zero-order chi connectivity index (χ0) is 22.2. The predicted molar refractivity (Wildman–Crippen MR) is 134 cm³/mol. The van der Waals surface area contributed by atoms with E-state index in [2.05, 4.69) is 66.0 Å². The molecule has 0 aliphatic heterocycles. The van der Waals surface area contributed by atoms with Crippen LogP contribution in [0.3, 0.4) is 0 Å². The standard InChI is InChI=1S/C24H29BrN2O3S/c1-5-11-29-12-10-27(3)21-15-23-20(13-17(21)2)26-24(31-23)9-7-18-6-8-22(19(25)14-18)30-16-28-4/h6-9,13-15H,5,10-12,16H2,1-4H3/b9-7+. The third kappa shape index (κ3) is 6.53. The van der Waals surface area contributed by atoms with Gasteiger partial charge in [-0.3, -0.25) is 0 Å². The topological polar surface area (TPSA) is 43.8 Å². The van der Waals surface area contributed by atoms with Gasteiger partial charge in [0.05, 0.1) is 21.3 Å². The summed E-state index contributed by atoms with van der Waals surface area (Å²) in [5.74, 6) is 0.756. The van der Waals surface area contributed by atoms with E-state index in [-0.39, 0.29) is 6.79 Å². The van der Waals surface area contributed by atoms with Crippen molar-refractivity contribution in [2.45, 2.75) is 20.3 Å². The number of ether oxygens (including phenoxy) is 3. The quantitative estimate of drug-likeness (QED) is 0.223. The number of thiazole rings is 1. The Bertz CT molecular complexity index is 1040. The smallest absolute Gasteiger partial charge is 0.188 e. The molecule has 0 unspecified atom stereocenters. The van der Waals surface area contributed by atoms with Crippen LogP contribution in [0.1, 0.15) is 29.5 Å². The average molecular weight is 505 g/mol. The van der Waals surface area contributed by atoms with Crippen LogP contribution in [-0.4, -0.2) is 45.7 Å². The minimum atomic E-state index is 0.224. The second-order valence-corrected chi connectivity index (χ2v) is 9.18. The molecule has 0 aliphatic carbocycles. The van der Waals surface area contributed by atoms with Crippen LogP contribution in [0.15, 0.2) is 34.8 Å². The van der Waals surface area contributed by atoms with Gasteiger partial charge in [-0.25, -0.2) is 4.98 Å². The molecule has 0 atom stereocenters. The average Bonchev–Trinajstić information content (AvgIpc) is 3.15. The van der Waals surface area contributed by atoms with Crippen LogP contribution < -0.4 is 9.64 Å². The summed E-state index contributed by atoms with van der Waals surface area (Å²) in [4.78, 5) is 7.05. The zero-order valence-electron chi connectivity index (χ0n) is 18.5. The van der Waals surface area contributed by atoms with Crippen molar-refractivity contribution >= 4 is 55.3 Å². The first-order chi connectivity index (χ1) is 15.0. The molecule has 31 heavy (non-hydrogen) atoms. The van der Waals surface area contributed by atoms with Crippen molar-refractivity contribution < 1.29 is 14.2 Å². The first-order valence-electron chi connectivity index (χ1n) is 10.3. The number of benzene rings is 2. The van der Waals surface area contributed by atoms with Gasteiger partial charge in [-0.1, -0.05) is 19.1 Å². The van der Waals surface area contributed by atoms with Crippen LogP contribution in [0.4, 0.5) is 5.69 Å². The molecule has 1 aromatic heterocycles.